The van der Waals surface area contributed by atoms with Crippen molar-refractivity contribution in [1.82, 2.24) is 15.5 Å². The summed E-state index contributed by atoms with van der Waals surface area (Å²) in [5.74, 6) is -0.192. The molecule has 18 heavy (non-hydrogen) atoms. The lowest BCUT2D eigenvalue weighted by Crippen LogP contribution is -2.59. The van der Waals surface area contributed by atoms with Crippen molar-refractivity contribution in [3.8, 4) is 0 Å². The van der Waals surface area contributed by atoms with Crippen molar-refractivity contribution in [2.45, 2.75) is 25.0 Å². The predicted octanol–water partition coefficient (Wildman–Crippen LogP) is -1.21. The molecular weight excluding hydrogens is 234 g/mol. The van der Waals surface area contributed by atoms with Gasteiger partial charge in [-0.2, -0.15) is 0 Å². The third-order valence-electron chi connectivity index (χ3n) is 2.87. The molecule has 0 radical (unpaired) electrons. The Bertz CT molecular complexity index is 288. The van der Waals surface area contributed by atoms with E-state index >= 15 is 0 Å². The minimum atomic E-state index is -0.929. The molecule has 1 atom stereocenters. The topological polar surface area (TPSA) is 73.8 Å². The van der Waals surface area contributed by atoms with Crippen LogP contribution in [0.5, 0.6) is 0 Å². The second-order valence-electron chi connectivity index (χ2n) is 5.85. The summed E-state index contributed by atoms with van der Waals surface area (Å²) in [6.07, 6.45) is 0. The Kier molecular flexibility index (Phi) is 5.10. The number of carbonyl (C=O) groups is 1. The Morgan fingerprint density at radius 1 is 1.56 bits per heavy atom. The Morgan fingerprint density at radius 2 is 2.17 bits per heavy atom. The minimum Gasteiger partial charge on any atom is -0.387 e. The van der Waals surface area contributed by atoms with Crippen LogP contribution in [0.15, 0.2) is 0 Å². The number of carbonyl (C=O) groups excluding carboxylic acids is 1. The van der Waals surface area contributed by atoms with Crippen LogP contribution < -0.4 is 10.6 Å². The molecule has 0 aromatic rings. The number of nitrogens with zero attached hydrogens (tertiary/aromatic N) is 1. The summed E-state index contributed by atoms with van der Waals surface area (Å²) in [6.45, 7) is 5.98. The van der Waals surface area contributed by atoms with E-state index in [4.69, 9.17) is 4.74 Å². The lowest BCUT2D eigenvalue weighted by atomic mass is 10.0. The smallest absolute Gasteiger partial charge is 0.246 e. The first kappa shape index (κ1) is 15.4. The maximum absolute atomic E-state index is 11.6. The van der Waals surface area contributed by atoms with E-state index in [1.807, 2.05) is 25.9 Å². The van der Waals surface area contributed by atoms with Crippen LogP contribution in [0, 0.1) is 0 Å². The van der Waals surface area contributed by atoms with Crippen molar-refractivity contribution < 1.29 is 14.6 Å². The summed E-state index contributed by atoms with van der Waals surface area (Å²) in [5, 5.41) is 15.8. The van der Waals surface area contributed by atoms with Crippen molar-refractivity contribution in [2.75, 3.05) is 46.9 Å². The van der Waals surface area contributed by atoms with E-state index in [2.05, 4.69) is 10.6 Å². The number of nitrogens with one attached hydrogen (secondary N) is 2. The molecule has 1 unspecified atom stereocenters. The Hall–Kier alpha value is -0.690. The van der Waals surface area contributed by atoms with Gasteiger partial charge in [0.15, 0.2) is 0 Å². The first-order valence-electron chi connectivity index (χ1n) is 6.21. The summed E-state index contributed by atoms with van der Waals surface area (Å²) in [4.78, 5) is 13.5. The highest BCUT2D eigenvalue weighted by molar-refractivity contribution is 5.77. The van der Waals surface area contributed by atoms with Crippen LogP contribution in [0.2, 0.25) is 0 Å². The molecule has 3 N–H and O–H groups in total. The summed E-state index contributed by atoms with van der Waals surface area (Å²) in [7, 11) is 3.76. The average Bonchev–Trinajstić information content (AvgIpc) is 2.19. The van der Waals surface area contributed by atoms with Gasteiger partial charge in [-0.25, -0.2) is 0 Å². The minimum absolute atomic E-state index is 0.0379. The predicted molar refractivity (Wildman–Crippen MR) is 69.4 cm³/mol. The number of rotatable bonds is 7. The maximum Gasteiger partial charge on any atom is 0.246 e. The molecule has 0 saturated carbocycles. The van der Waals surface area contributed by atoms with Crippen molar-refractivity contribution in [2.24, 2.45) is 0 Å². The van der Waals surface area contributed by atoms with Gasteiger partial charge in [-0.15, -0.1) is 0 Å². The summed E-state index contributed by atoms with van der Waals surface area (Å²) in [6, 6.07) is 0. The summed E-state index contributed by atoms with van der Waals surface area (Å²) in [5.41, 5.74) is -1.15. The van der Waals surface area contributed by atoms with Gasteiger partial charge in [0.25, 0.3) is 0 Å². The molecule has 0 aromatic heterocycles. The van der Waals surface area contributed by atoms with Crippen molar-refractivity contribution in [3.63, 3.8) is 0 Å². The monoisotopic (exact) mass is 259 g/mol. The lowest BCUT2D eigenvalue weighted by Gasteiger charge is -2.38. The molecule has 1 aliphatic rings. The van der Waals surface area contributed by atoms with E-state index in [-0.39, 0.29) is 24.7 Å². The molecule has 0 aromatic carbocycles. The fraction of sp³-hybridized carbons (Fsp3) is 0.917. The number of hydrogen-bond donors (Lipinski definition) is 3. The van der Waals surface area contributed by atoms with Gasteiger partial charge in [-0.1, -0.05) is 0 Å². The van der Waals surface area contributed by atoms with Crippen LogP contribution in [0.4, 0.5) is 0 Å². The van der Waals surface area contributed by atoms with Crippen LogP contribution >= 0.6 is 0 Å². The Balaban J connectivity index is 2.20. The molecule has 1 aliphatic heterocycles. The molecule has 6 heteroatoms. The van der Waals surface area contributed by atoms with Crippen LogP contribution in [-0.2, 0) is 9.53 Å². The summed E-state index contributed by atoms with van der Waals surface area (Å²) < 4.78 is 5.51. The van der Waals surface area contributed by atoms with Crippen LogP contribution in [0.1, 0.15) is 13.8 Å². The van der Waals surface area contributed by atoms with Crippen molar-refractivity contribution in [1.29, 1.82) is 0 Å². The lowest BCUT2D eigenvalue weighted by molar-refractivity contribution is -0.136. The highest BCUT2D eigenvalue weighted by Crippen LogP contribution is 2.14. The van der Waals surface area contributed by atoms with Gasteiger partial charge in [-0.05, 0) is 27.9 Å². The van der Waals surface area contributed by atoms with Crippen molar-refractivity contribution in [3.05, 3.63) is 0 Å². The highest BCUT2D eigenvalue weighted by atomic mass is 16.5. The largest absolute Gasteiger partial charge is 0.387 e. The van der Waals surface area contributed by atoms with E-state index in [9.17, 15) is 9.90 Å². The van der Waals surface area contributed by atoms with Crippen molar-refractivity contribution >= 4 is 5.91 Å². The Morgan fingerprint density at radius 3 is 2.61 bits per heavy atom. The van der Waals surface area contributed by atoms with E-state index < -0.39 is 5.60 Å². The first-order valence-corrected chi connectivity index (χ1v) is 6.21. The highest BCUT2D eigenvalue weighted by Gasteiger charge is 2.33. The van der Waals surface area contributed by atoms with Gasteiger partial charge in [-0.3, -0.25) is 4.79 Å². The maximum atomic E-state index is 11.6. The fourth-order valence-electron chi connectivity index (χ4n) is 1.90. The quantitative estimate of drug-likeness (QED) is 0.535. The number of hydrogen-bond acceptors (Lipinski definition) is 5. The normalized spacial score (nSPS) is 21.2. The Labute approximate surface area is 109 Å². The average molecular weight is 259 g/mol. The zero-order valence-electron chi connectivity index (χ0n) is 11.7. The molecule has 1 fully saturated rings. The van der Waals surface area contributed by atoms with Crippen LogP contribution in [0.25, 0.3) is 0 Å². The molecule has 6 nitrogen and oxygen atoms in total. The summed E-state index contributed by atoms with van der Waals surface area (Å²) >= 11 is 0. The van der Waals surface area contributed by atoms with Crippen LogP contribution in [-0.4, -0.2) is 74.0 Å². The molecule has 0 aliphatic carbocycles. The molecule has 1 amide bonds. The second kappa shape index (κ2) is 5.97. The standard InChI is InChI=1S/C12H25N3O3/c1-11(17,9-15(3)4)6-14-10(16)5-18-12(2)7-13-8-12/h13,17H,5-9H2,1-4H3,(H,14,16). The van der Waals surface area contributed by atoms with Gasteiger partial charge in [0, 0.05) is 26.2 Å². The van der Waals surface area contributed by atoms with E-state index in [1.165, 1.54) is 0 Å². The molecule has 1 heterocycles. The number of likely N-dealkylation sites (N-methyl/N-ethyl adjacent to an activating group) is 1. The number of ether oxygens (including phenoxy) is 1. The SMILES string of the molecule is CN(C)CC(C)(O)CNC(=O)COC1(C)CNC1. The van der Waals surface area contributed by atoms with Crippen LogP contribution in [0.3, 0.4) is 0 Å². The molecular formula is C12H25N3O3. The van der Waals surface area contributed by atoms with Gasteiger partial charge in [0.05, 0.1) is 11.2 Å². The molecule has 0 spiro atoms. The zero-order valence-corrected chi connectivity index (χ0v) is 11.7. The molecule has 106 valence electrons. The van der Waals surface area contributed by atoms with Gasteiger partial charge in [0.1, 0.15) is 6.61 Å². The molecule has 1 rings (SSSR count). The molecule has 0 bridgehead atoms. The number of aliphatic hydroxyl groups is 1. The second-order valence-corrected chi connectivity index (χ2v) is 5.85. The first-order chi connectivity index (χ1) is 8.22. The van der Waals surface area contributed by atoms with Gasteiger partial charge < -0.3 is 25.4 Å². The molecule has 1 saturated heterocycles. The van der Waals surface area contributed by atoms with Gasteiger partial charge in [0.2, 0.25) is 5.91 Å². The van der Waals surface area contributed by atoms with Gasteiger partial charge >= 0.3 is 0 Å². The third kappa shape index (κ3) is 5.30. The number of amides is 1. The third-order valence-corrected chi connectivity index (χ3v) is 2.87. The fourth-order valence-corrected chi connectivity index (χ4v) is 1.90. The van der Waals surface area contributed by atoms with E-state index in [0.29, 0.717) is 6.54 Å². The van der Waals surface area contributed by atoms with E-state index in [0.717, 1.165) is 13.1 Å². The van der Waals surface area contributed by atoms with E-state index in [1.54, 1.807) is 6.92 Å². The zero-order chi connectivity index (χ0) is 13.8.